The molecule has 0 atom stereocenters. The molecule has 0 aliphatic carbocycles. The Labute approximate surface area is 104 Å². The molecular formula is C11H16N4OS. The van der Waals surface area contributed by atoms with Crippen molar-refractivity contribution in [2.45, 2.75) is 32.1 Å². The van der Waals surface area contributed by atoms with Crippen LogP contribution in [0.4, 0.5) is 0 Å². The van der Waals surface area contributed by atoms with Gasteiger partial charge >= 0.3 is 0 Å². The molecular weight excluding hydrogens is 236 g/mol. The molecule has 0 aliphatic rings. The monoisotopic (exact) mass is 252 g/mol. The van der Waals surface area contributed by atoms with E-state index < -0.39 is 0 Å². The van der Waals surface area contributed by atoms with E-state index in [4.69, 9.17) is 10.3 Å². The lowest BCUT2D eigenvalue weighted by Gasteiger charge is -1.95. The van der Waals surface area contributed by atoms with Crippen LogP contribution in [0.25, 0.3) is 10.7 Å². The number of nitrogens with two attached hydrogens (primary N) is 1. The van der Waals surface area contributed by atoms with Gasteiger partial charge in [0.15, 0.2) is 0 Å². The summed E-state index contributed by atoms with van der Waals surface area (Å²) in [6.45, 7) is 0.774. The molecule has 0 unspecified atom stereocenters. The van der Waals surface area contributed by atoms with Gasteiger partial charge in [0.25, 0.3) is 0 Å². The predicted molar refractivity (Wildman–Crippen MR) is 66.6 cm³/mol. The molecule has 0 bridgehead atoms. The first kappa shape index (κ1) is 12.2. The van der Waals surface area contributed by atoms with Crippen LogP contribution < -0.4 is 5.73 Å². The first-order valence-corrected chi connectivity index (χ1v) is 6.69. The SMILES string of the molecule is NCCCCCCc1nc(-c2cncs2)no1. The van der Waals surface area contributed by atoms with Crippen LogP contribution >= 0.6 is 11.3 Å². The number of thiazole rings is 1. The van der Waals surface area contributed by atoms with Crippen LogP contribution in [0.1, 0.15) is 31.6 Å². The maximum atomic E-state index is 5.43. The Hall–Kier alpha value is -1.27. The second-order valence-electron chi connectivity index (χ2n) is 3.83. The van der Waals surface area contributed by atoms with E-state index in [1.807, 2.05) is 0 Å². The second-order valence-corrected chi connectivity index (χ2v) is 4.72. The summed E-state index contributed by atoms with van der Waals surface area (Å²) in [7, 11) is 0. The second kappa shape index (κ2) is 6.46. The molecule has 0 spiro atoms. The predicted octanol–water partition coefficient (Wildman–Crippen LogP) is 2.25. The Morgan fingerprint density at radius 2 is 2.12 bits per heavy atom. The summed E-state index contributed by atoms with van der Waals surface area (Å²) in [6, 6.07) is 0. The van der Waals surface area contributed by atoms with Crippen LogP contribution in [0.2, 0.25) is 0 Å². The topological polar surface area (TPSA) is 77.8 Å². The third kappa shape index (κ3) is 3.61. The largest absolute Gasteiger partial charge is 0.339 e. The van der Waals surface area contributed by atoms with Crippen LogP contribution in [-0.2, 0) is 6.42 Å². The lowest BCUT2D eigenvalue weighted by atomic mass is 10.1. The van der Waals surface area contributed by atoms with Gasteiger partial charge < -0.3 is 10.3 Å². The minimum Gasteiger partial charge on any atom is -0.339 e. The van der Waals surface area contributed by atoms with Crippen molar-refractivity contribution in [1.29, 1.82) is 0 Å². The molecule has 92 valence electrons. The molecule has 2 N–H and O–H groups in total. The maximum absolute atomic E-state index is 5.43. The summed E-state index contributed by atoms with van der Waals surface area (Å²) >= 11 is 1.51. The van der Waals surface area contributed by atoms with Gasteiger partial charge in [-0.1, -0.05) is 18.0 Å². The average Bonchev–Trinajstić information content (AvgIpc) is 2.99. The number of aromatic nitrogens is 3. The first-order chi connectivity index (χ1) is 8.40. The molecule has 0 fully saturated rings. The van der Waals surface area contributed by atoms with Crippen LogP contribution in [0.3, 0.4) is 0 Å². The van der Waals surface area contributed by atoms with E-state index in [1.54, 1.807) is 11.7 Å². The molecule has 0 aliphatic heterocycles. The van der Waals surface area contributed by atoms with Crippen molar-refractivity contribution >= 4 is 11.3 Å². The third-order valence-corrected chi connectivity index (χ3v) is 3.23. The normalized spacial score (nSPS) is 10.9. The Balaban J connectivity index is 1.79. The zero-order chi connectivity index (χ0) is 11.9. The Kier molecular flexibility index (Phi) is 4.63. The highest BCUT2D eigenvalue weighted by Gasteiger charge is 2.09. The molecule has 5 nitrogen and oxygen atoms in total. The van der Waals surface area contributed by atoms with Crippen LogP contribution in [0.15, 0.2) is 16.2 Å². The third-order valence-electron chi connectivity index (χ3n) is 2.47. The molecule has 17 heavy (non-hydrogen) atoms. The standard InChI is InChI=1S/C11H16N4OS/c12-6-4-2-1-3-5-10-14-11(15-16-10)9-7-13-8-17-9/h7-8H,1-6,12H2. The lowest BCUT2D eigenvalue weighted by molar-refractivity contribution is 0.374. The van der Waals surface area contributed by atoms with Gasteiger partial charge in [-0.3, -0.25) is 4.98 Å². The molecule has 2 aromatic rings. The molecule has 2 rings (SSSR count). The van der Waals surface area contributed by atoms with Gasteiger partial charge in [0, 0.05) is 12.6 Å². The Morgan fingerprint density at radius 3 is 2.88 bits per heavy atom. The van der Waals surface area contributed by atoms with E-state index in [9.17, 15) is 0 Å². The van der Waals surface area contributed by atoms with Crippen molar-refractivity contribution in [3.63, 3.8) is 0 Å². The van der Waals surface area contributed by atoms with E-state index in [0.29, 0.717) is 11.7 Å². The number of hydrogen-bond donors (Lipinski definition) is 1. The summed E-state index contributed by atoms with van der Waals surface area (Å²) in [5.41, 5.74) is 7.20. The molecule has 0 saturated carbocycles. The van der Waals surface area contributed by atoms with Gasteiger partial charge in [-0.25, -0.2) is 0 Å². The molecule has 0 saturated heterocycles. The summed E-state index contributed by atoms with van der Waals surface area (Å²) in [5.74, 6) is 1.35. The Bertz CT molecular complexity index is 426. The van der Waals surface area contributed by atoms with Gasteiger partial charge in [0.1, 0.15) is 0 Å². The first-order valence-electron chi connectivity index (χ1n) is 5.81. The molecule has 2 heterocycles. The number of aryl methyl sites for hydroxylation is 1. The number of hydrogen-bond acceptors (Lipinski definition) is 6. The van der Waals surface area contributed by atoms with E-state index >= 15 is 0 Å². The fraction of sp³-hybridized carbons (Fsp3) is 0.545. The average molecular weight is 252 g/mol. The highest BCUT2D eigenvalue weighted by atomic mass is 32.1. The number of nitrogens with zero attached hydrogens (tertiary/aromatic N) is 3. The summed E-state index contributed by atoms with van der Waals surface area (Å²) in [4.78, 5) is 9.27. The van der Waals surface area contributed by atoms with Gasteiger partial charge in [-0.15, -0.1) is 11.3 Å². The molecule has 0 amide bonds. The van der Waals surface area contributed by atoms with Crippen molar-refractivity contribution in [3.05, 3.63) is 17.6 Å². The highest BCUT2D eigenvalue weighted by Crippen LogP contribution is 2.20. The highest BCUT2D eigenvalue weighted by molar-refractivity contribution is 7.13. The fourth-order valence-electron chi connectivity index (χ4n) is 1.56. The van der Waals surface area contributed by atoms with Crippen molar-refractivity contribution < 1.29 is 4.52 Å². The molecule has 0 aromatic carbocycles. The van der Waals surface area contributed by atoms with Crippen LogP contribution in [-0.4, -0.2) is 21.7 Å². The summed E-state index contributed by atoms with van der Waals surface area (Å²) in [5, 5.41) is 3.94. The zero-order valence-electron chi connectivity index (χ0n) is 9.63. The van der Waals surface area contributed by atoms with Crippen LogP contribution in [0, 0.1) is 0 Å². The maximum Gasteiger partial charge on any atom is 0.226 e. The minimum absolute atomic E-state index is 0.643. The lowest BCUT2D eigenvalue weighted by Crippen LogP contribution is -1.97. The summed E-state index contributed by atoms with van der Waals surface area (Å²) in [6.07, 6.45) is 7.10. The fourth-order valence-corrected chi connectivity index (χ4v) is 2.10. The quantitative estimate of drug-likeness (QED) is 0.765. The van der Waals surface area contributed by atoms with Gasteiger partial charge in [0.2, 0.25) is 11.7 Å². The van der Waals surface area contributed by atoms with E-state index in [0.717, 1.165) is 37.1 Å². The van der Waals surface area contributed by atoms with Crippen molar-refractivity contribution in [2.75, 3.05) is 6.54 Å². The smallest absolute Gasteiger partial charge is 0.226 e. The minimum atomic E-state index is 0.643. The zero-order valence-corrected chi connectivity index (χ0v) is 10.4. The molecule has 6 heteroatoms. The van der Waals surface area contributed by atoms with Crippen molar-refractivity contribution in [1.82, 2.24) is 15.1 Å². The van der Waals surface area contributed by atoms with Gasteiger partial charge in [-0.05, 0) is 19.4 Å². The van der Waals surface area contributed by atoms with E-state index in [-0.39, 0.29) is 0 Å². The Morgan fingerprint density at radius 1 is 1.24 bits per heavy atom. The molecule has 2 aromatic heterocycles. The van der Waals surface area contributed by atoms with Crippen molar-refractivity contribution in [3.8, 4) is 10.7 Å². The number of unbranched alkanes of at least 4 members (excludes halogenated alkanes) is 3. The van der Waals surface area contributed by atoms with Gasteiger partial charge in [-0.2, -0.15) is 4.98 Å². The summed E-state index contributed by atoms with van der Waals surface area (Å²) < 4.78 is 5.19. The van der Waals surface area contributed by atoms with Gasteiger partial charge in [0.05, 0.1) is 10.4 Å². The van der Waals surface area contributed by atoms with Crippen LogP contribution in [0.5, 0.6) is 0 Å². The van der Waals surface area contributed by atoms with E-state index in [2.05, 4.69) is 15.1 Å². The molecule has 0 radical (unpaired) electrons. The van der Waals surface area contributed by atoms with Crippen molar-refractivity contribution in [2.24, 2.45) is 5.73 Å². The van der Waals surface area contributed by atoms with E-state index in [1.165, 1.54) is 17.8 Å². The number of rotatable bonds is 7.